The highest BCUT2D eigenvalue weighted by Gasteiger charge is 2.28. The molecule has 2 rings (SSSR count). The van der Waals surface area contributed by atoms with E-state index in [2.05, 4.69) is 22.1 Å². The molecule has 1 fully saturated rings. The quantitative estimate of drug-likeness (QED) is 0.904. The number of carbonyl (C=O) groups excluding carboxylic acids is 1. The number of amides is 1. The summed E-state index contributed by atoms with van der Waals surface area (Å²) in [6.45, 7) is 8.43. The average molecular weight is 278 g/mol. The van der Waals surface area contributed by atoms with Gasteiger partial charge in [-0.25, -0.2) is 4.98 Å². The number of rotatable bonds is 2. The lowest BCUT2D eigenvalue weighted by Crippen LogP contribution is -2.39. The number of H-pyrrole nitrogens is 1. The Hall–Kier alpha value is -1.39. The lowest BCUT2D eigenvalue weighted by atomic mass is 9.87. The lowest BCUT2D eigenvalue weighted by molar-refractivity contribution is 0.0667. The maximum absolute atomic E-state index is 12.4. The van der Waals surface area contributed by atoms with Crippen molar-refractivity contribution >= 4 is 5.91 Å². The summed E-state index contributed by atoms with van der Waals surface area (Å²) in [5.41, 5.74) is -0.121. The molecule has 0 spiro atoms. The summed E-state index contributed by atoms with van der Waals surface area (Å²) in [6, 6.07) is 0.329. The van der Waals surface area contributed by atoms with Gasteiger partial charge in [-0.1, -0.05) is 27.7 Å². The molecule has 1 aromatic heterocycles. The molecule has 5 heteroatoms. The largest absolute Gasteiger partial charge is 0.336 e. The van der Waals surface area contributed by atoms with Gasteiger partial charge in [0.05, 0.1) is 0 Å². The van der Waals surface area contributed by atoms with Crippen molar-refractivity contribution in [3.05, 3.63) is 11.6 Å². The fraction of sp³-hybridized carbons (Fsp3) is 0.800. The first kappa shape index (κ1) is 15.0. The zero-order valence-electron chi connectivity index (χ0n) is 13.2. The van der Waals surface area contributed by atoms with Crippen molar-refractivity contribution in [1.29, 1.82) is 0 Å². The number of hydrogen-bond donors (Lipinski definition) is 1. The van der Waals surface area contributed by atoms with Crippen LogP contribution in [0.3, 0.4) is 0 Å². The van der Waals surface area contributed by atoms with E-state index >= 15 is 0 Å². The Morgan fingerprint density at radius 1 is 1.25 bits per heavy atom. The molecule has 0 unspecified atom stereocenters. The molecule has 1 heterocycles. The minimum absolute atomic E-state index is 0.0729. The topological polar surface area (TPSA) is 61.9 Å². The summed E-state index contributed by atoms with van der Waals surface area (Å²) in [7, 11) is 1.87. The monoisotopic (exact) mass is 278 g/mol. The normalized spacial score (nSPS) is 23.6. The van der Waals surface area contributed by atoms with Crippen LogP contribution in [0.15, 0.2) is 0 Å². The molecule has 1 aliphatic carbocycles. The molecule has 0 atom stereocenters. The van der Waals surface area contributed by atoms with Crippen LogP contribution in [-0.4, -0.2) is 39.1 Å². The molecule has 1 N–H and O–H groups in total. The van der Waals surface area contributed by atoms with Crippen LogP contribution in [-0.2, 0) is 5.41 Å². The highest BCUT2D eigenvalue weighted by molar-refractivity contribution is 5.90. The predicted octanol–water partition coefficient (Wildman–Crippen LogP) is 2.75. The molecule has 0 radical (unpaired) electrons. The predicted molar refractivity (Wildman–Crippen MR) is 78.6 cm³/mol. The smallest absolute Gasteiger partial charge is 0.293 e. The maximum atomic E-state index is 12.4. The zero-order chi connectivity index (χ0) is 14.9. The van der Waals surface area contributed by atoms with Gasteiger partial charge in [-0.15, -0.1) is 5.10 Å². The van der Waals surface area contributed by atoms with E-state index in [-0.39, 0.29) is 17.1 Å². The van der Waals surface area contributed by atoms with Gasteiger partial charge in [0.25, 0.3) is 5.91 Å². The number of nitrogens with zero attached hydrogens (tertiary/aromatic N) is 3. The Labute approximate surface area is 121 Å². The molecule has 1 aromatic rings. The van der Waals surface area contributed by atoms with Crippen molar-refractivity contribution < 1.29 is 4.79 Å². The molecule has 0 bridgehead atoms. The molecule has 0 aromatic carbocycles. The molecule has 112 valence electrons. The maximum Gasteiger partial charge on any atom is 0.293 e. The molecule has 1 aliphatic rings. The van der Waals surface area contributed by atoms with Crippen LogP contribution >= 0.6 is 0 Å². The first-order valence-electron chi connectivity index (χ1n) is 7.49. The van der Waals surface area contributed by atoms with Crippen LogP contribution in [0.4, 0.5) is 0 Å². The van der Waals surface area contributed by atoms with Crippen molar-refractivity contribution in [2.45, 2.75) is 64.8 Å². The van der Waals surface area contributed by atoms with E-state index < -0.39 is 0 Å². The Morgan fingerprint density at radius 3 is 2.35 bits per heavy atom. The molecule has 0 aliphatic heterocycles. The van der Waals surface area contributed by atoms with E-state index in [1.807, 2.05) is 32.7 Å². The third-order valence-electron chi connectivity index (χ3n) is 4.24. The van der Waals surface area contributed by atoms with Crippen LogP contribution in [0.5, 0.6) is 0 Å². The summed E-state index contributed by atoms with van der Waals surface area (Å²) in [6.07, 6.45) is 4.56. The van der Waals surface area contributed by atoms with Gasteiger partial charge >= 0.3 is 0 Å². The van der Waals surface area contributed by atoms with Gasteiger partial charge in [-0.05, 0) is 31.6 Å². The number of aromatic amines is 1. The van der Waals surface area contributed by atoms with Crippen molar-refractivity contribution in [2.24, 2.45) is 5.92 Å². The number of aromatic nitrogens is 3. The molecule has 0 saturated heterocycles. The lowest BCUT2D eigenvalue weighted by Gasteiger charge is -2.32. The second-order valence-electron chi connectivity index (χ2n) is 7.09. The molecule has 1 saturated carbocycles. The van der Waals surface area contributed by atoms with E-state index in [0.29, 0.717) is 6.04 Å². The third-order valence-corrected chi connectivity index (χ3v) is 4.24. The van der Waals surface area contributed by atoms with Crippen LogP contribution in [0.2, 0.25) is 0 Å². The van der Waals surface area contributed by atoms with E-state index in [9.17, 15) is 4.79 Å². The van der Waals surface area contributed by atoms with Gasteiger partial charge in [0.15, 0.2) is 0 Å². The van der Waals surface area contributed by atoms with Crippen LogP contribution in [0.25, 0.3) is 0 Å². The highest BCUT2D eigenvalue weighted by atomic mass is 16.2. The Bertz CT molecular complexity index is 466. The molecule has 1 amide bonds. The summed E-state index contributed by atoms with van der Waals surface area (Å²) < 4.78 is 0. The van der Waals surface area contributed by atoms with Gasteiger partial charge in [0.1, 0.15) is 5.82 Å². The SMILES string of the molecule is CC1CCC(N(C)C(=O)c2n[nH]c(C(C)(C)C)n2)CC1. The number of nitrogens with one attached hydrogen (secondary N) is 1. The fourth-order valence-electron chi connectivity index (χ4n) is 2.65. The Morgan fingerprint density at radius 2 is 1.85 bits per heavy atom. The van der Waals surface area contributed by atoms with E-state index in [4.69, 9.17) is 0 Å². The Balaban J connectivity index is 2.05. The van der Waals surface area contributed by atoms with Crippen LogP contribution < -0.4 is 0 Å². The second-order valence-corrected chi connectivity index (χ2v) is 7.09. The van der Waals surface area contributed by atoms with Gasteiger partial charge in [-0.3, -0.25) is 9.89 Å². The van der Waals surface area contributed by atoms with Crippen molar-refractivity contribution in [1.82, 2.24) is 20.1 Å². The van der Waals surface area contributed by atoms with Gasteiger partial charge in [-0.2, -0.15) is 0 Å². The zero-order valence-corrected chi connectivity index (χ0v) is 13.2. The van der Waals surface area contributed by atoms with Gasteiger partial charge in [0, 0.05) is 18.5 Å². The number of carbonyl (C=O) groups is 1. The second kappa shape index (κ2) is 5.54. The summed E-state index contributed by atoms with van der Waals surface area (Å²) >= 11 is 0. The van der Waals surface area contributed by atoms with Crippen LogP contribution in [0.1, 0.15) is 69.8 Å². The van der Waals surface area contributed by atoms with Gasteiger partial charge < -0.3 is 4.90 Å². The van der Waals surface area contributed by atoms with E-state index in [0.717, 1.165) is 24.6 Å². The van der Waals surface area contributed by atoms with E-state index in [1.54, 1.807) is 0 Å². The number of hydrogen-bond acceptors (Lipinski definition) is 3. The molecule has 5 nitrogen and oxygen atoms in total. The van der Waals surface area contributed by atoms with Crippen LogP contribution in [0, 0.1) is 5.92 Å². The minimum Gasteiger partial charge on any atom is -0.336 e. The summed E-state index contributed by atoms with van der Waals surface area (Å²) in [5.74, 6) is 1.75. The third kappa shape index (κ3) is 3.19. The fourth-order valence-corrected chi connectivity index (χ4v) is 2.65. The first-order chi connectivity index (χ1) is 9.29. The molecule has 20 heavy (non-hydrogen) atoms. The summed E-state index contributed by atoms with van der Waals surface area (Å²) in [5, 5.41) is 6.97. The summed E-state index contributed by atoms with van der Waals surface area (Å²) in [4.78, 5) is 18.6. The highest BCUT2D eigenvalue weighted by Crippen LogP contribution is 2.27. The first-order valence-corrected chi connectivity index (χ1v) is 7.49. The minimum atomic E-state index is -0.121. The molecular weight excluding hydrogens is 252 g/mol. The van der Waals surface area contributed by atoms with Crippen molar-refractivity contribution in [3.63, 3.8) is 0 Å². The Kier molecular flexibility index (Phi) is 4.16. The standard InChI is InChI=1S/C15H26N4O/c1-10-6-8-11(9-7-10)19(5)13(20)12-16-14(18-17-12)15(2,3)4/h10-11H,6-9H2,1-5H3,(H,16,17,18). The van der Waals surface area contributed by atoms with E-state index in [1.165, 1.54) is 12.8 Å². The van der Waals surface area contributed by atoms with Crippen molar-refractivity contribution in [2.75, 3.05) is 7.05 Å². The average Bonchev–Trinajstić information content (AvgIpc) is 2.87. The van der Waals surface area contributed by atoms with Crippen molar-refractivity contribution in [3.8, 4) is 0 Å². The van der Waals surface area contributed by atoms with Gasteiger partial charge in [0.2, 0.25) is 5.82 Å². The molecular formula is C15H26N4O.